The van der Waals surface area contributed by atoms with E-state index < -0.39 is 0 Å². The molecule has 0 saturated carbocycles. The third-order valence-electron chi connectivity index (χ3n) is 11.4. The number of aromatic nitrogens is 2. The summed E-state index contributed by atoms with van der Waals surface area (Å²) in [6, 6.07) is 50.0. The summed E-state index contributed by atoms with van der Waals surface area (Å²) in [6.45, 7) is 0. The Bertz CT molecular complexity index is 2940. The van der Waals surface area contributed by atoms with E-state index in [-0.39, 0.29) is 0 Å². The van der Waals surface area contributed by atoms with E-state index in [0.29, 0.717) is 5.75 Å². The van der Waals surface area contributed by atoms with Gasteiger partial charge in [-0.1, -0.05) is 91.0 Å². The number of hydrogen-bond donors (Lipinski definition) is 1. The fourth-order valence-electron chi connectivity index (χ4n) is 9.20. The highest BCUT2D eigenvalue weighted by Gasteiger charge is 2.26. The number of para-hydroxylation sites is 2. The topological polar surface area (TPSA) is 30.1 Å². The van der Waals surface area contributed by atoms with Crippen LogP contribution in [0.4, 0.5) is 0 Å². The van der Waals surface area contributed by atoms with Crippen molar-refractivity contribution in [2.45, 2.75) is 25.7 Å². The Hall–Kier alpha value is -6.32. The van der Waals surface area contributed by atoms with Crippen LogP contribution in [0.15, 0.2) is 151 Å². The van der Waals surface area contributed by atoms with Crippen LogP contribution in [0.5, 0.6) is 5.75 Å². The van der Waals surface area contributed by atoms with Gasteiger partial charge in [-0.2, -0.15) is 0 Å². The van der Waals surface area contributed by atoms with E-state index in [1.807, 2.05) is 6.07 Å². The predicted molar refractivity (Wildman–Crippen MR) is 213 cm³/mol. The van der Waals surface area contributed by atoms with E-state index in [2.05, 4.69) is 149 Å². The lowest BCUT2D eigenvalue weighted by molar-refractivity contribution is 0.476. The third-order valence-corrected chi connectivity index (χ3v) is 11.4. The van der Waals surface area contributed by atoms with Gasteiger partial charge in [-0.3, -0.25) is 0 Å². The van der Waals surface area contributed by atoms with Crippen molar-refractivity contribution in [3.05, 3.63) is 173 Å². The minimum Gasteiger partial charge on any atom is -0.508 e. The Morgan fingerprint density at radius 3 is 1.55 bits per heavy atom. The van der Waals surface area contributed by atoms with E-state index in [4.69, 9.17) is 0 Å². The van der Waals surface area contributed by atoms with Gasteiger partial charge in [-0.25, -0.2) is 0 Å². The van der Waals surface area contributed by atoms with Crippen LogP contribution in [0, 0.1) is 0 Å². The molecular formula is C48H34N2O. The van der Waals surface area contributed by atoms with Gasteiger partial charge in [0.1, 0.15) is 5.75 Å². The first-order valence-electron chi connectivity index (χ1n) is 18.0. The highest BCUT2D eigenvalue weighted by Crippen LogP contribution is 2.44. The molecule has 2 aliphatic rings. The first-order valence-corrected chi connectivity index (χ1v) is 18.0. The van der Waals surface area contributed by atoms with Gasteiger partial charge in [0.2, 0.25) is 0 Å². The molecule has 3 heteroatoms. The van der Waals surface area contributed by atoms with Crippen LogP contribution in [-0.2, 0) is 12.8 Å². The lowest BCUT2D eigenvalue weighted by Crippen LogP contribution is -2.09. The molecule has 0 bridgehead atoms. The molecule has 0 aliphatic heterocycles. The molecule has 0 amide bonds. The number of rotatable bonds is 3. The lowest BCUT2D eigenvalue weighted by Gasteiger charge is -2.23. The minimum atomic E-state index is 0.306. The van der Waals surface area contributed by atoms with Crippen molar-refractivity contribution in [3.63, 3.8) is 0 Å². The van der Waals surface area contributed by atoms with E-state index >= 15 is 0 Å². The molecule has 0 fully saturated rings. The molecule has 0 radical (unpaired) electrons. The molecule has 3 nitrogen and oxygen atoms in total. The van der Waals surface area contributed by atoms with Gasteiger partial charge in [-0.05, 0) is 130 Å². The summed E-state index contributed by atoms with van der Waals surface area (Å²) in [5.74, 6) is 0.306. The first-order chi connectivity index (χ1) is 25.2. The molecule has 0 unspecified atom stereocenters. The molecular weight excluding hydrogens is 621 g/mol. The Balaban J connectivity index is 1.08. The van der Waals surface area contributed by atoms with Crippen LogP contribution in [-0.4, -0.2) is 14.2 Å². The molecule has 0 saturated heterocycles. The van der Waals surface area contributed by atoms with Crippen LogP contribution in [0.3, 0.4) is 0 Å². The van der Waals surface area contributed by atoms with Crippen molar-refractivity contribution in [1.82, 2.24) is 9.13 Å². The van der Waals surface area contributed by atoms with Crippen LogP contribution in [0.1, 0.15) is 35.4 Å². The van der Waals surface area contributed by atoms with E-state index in [1.54, 1.807) is 6.07 Å². The quantitative estimate of drug-likeness (QED) is 0.189. The summed E-state index contributed by atoms with van der Waals surface area (Å²) in [4.78, 5) is 0. The molecule has 0 spiro atoms. The summed E-state index contributed by atoms with van der Waals surface area (Å²) < 4.78 is 4.90. The van der Waals surface area contributed by atoms with Gasteiger partial charge in [0.05, 0.1) is 11.0 Å². The van der Waals surface area contributed by atoms with Gasteiger partial charge >= 0.3 is 0 Å². The van der Waals surface area contributed by atoms with Gasteiger partial charge in [-0.15, -0.1) is 0 Å². The highest BCUT2D eigenvalue weighted by atomic mass is 16.3. The van der Waals surface area contributed by atoms with Crippen LogP contribution >= 0.6 is 0 Å². The summed E-state index contributed by atoms with van der Waals surface area (Å²) in [6.07, 6.45) is 8.81. The molecule has 51 heavy (non-hydrogen) atoms. The minimum absolute atomic E-state index is 0.306. The first kappa shape index (κ1) is 28.5. The number of phenols is 1. The summed E-state index contributed by atoms with van der Waals surface area (Å²) in [7, 11) is 0. The average Bonchev–Trinajstić information content (AvgIpc) is 3.70. The van der Waals surface area contributed by atoms with Crippen molar-refractivity contribution < 1.29 is 5.11 Å². The summed E-state index contributed by atoms with van der Waals surface area (Å²) >= 11 is 0. The smallest absolute Gasteiger partial charge is 0.116 e. The van der Waals surface area contributed by atoms with Crippen LogP contribution in [0.2, 0.25) is 0 Å². The van der Waals surface area contributed by atoms with Crippen LogP contribution < -0.4 is 0 Å². The lowest BCUT2D eigenvalue weighted by atomic mass is 9.85. The Labute approximate surface area is 295 Å². The Morgan fingerprint density at radius 1 is 0.373 bits per heavy atom. The highest BCUT2D eigenvalue weighted by molar-refractivity contribution is 6.25. The molecule has 2 aliphatic carbocycles. The van der Waals surface area contributed by atoms with Crippen molar-refractivity contribution >= 4 is 66.3 Å². The second kappa shape index (κ2) is 10.8. The van der Waals surface area contributed by atoms with Gasteiger partial charge in [0, 0.05) is 44.7 Å². The zero-order valence-electron chi connectivity index (χ0n) is 28.1. The number of fused-ring (bicyclic) bond motifs is 12. The number of nitrogens with zero attached hydrogens (tertiary/aromatic N) is 2. The molecule has 2 aromatic heterocycles. The maximum atomic E-state index is 10.5. The monoisotopic (exact) mass is 654 g/mol. The fourth-order valence-corrected chi connectivity index (χ4v) is 9.20. The maximum absolute atomic E-state index is 10.5. The zero-order valence-corrected chi connectivity index (χ0v) is 28.1. The second-order valence-corrected chi connectivity index (χ2v) is 14.1. The van der Waals surface area contributed by atoms with Crippen molar-refractivity contribution in [1.29, 1.82) is 0 Å². The molecule has 9 aromatic rings. The maximum Gasteiger partial charge on any atom is 0.116 e. The molecule has 7 aromatic carbocycles. The molecule has 242 valence electrons. The Kier molecular flexibility index (Phi) is 6.06. The van der Waals surface area contributed by atoms with Crippen molar-refractivity contribution in [3.8, 4) is 17.1 Å². The van der Waals surface area contributed by atoms with Crippen LogP contribution in [0.25, 0.3) is 77.7 Å². The number of benzene rings is 7. The number of phenolic OH excluding ortho intramolecular Hbond substituents is 1. The molecule has 1 N–H and O–H groups in total. The third kappa shape index (κ3) is 4.18. The van der Waals surface area contributed by atoms with E-state index in [1.165, 1.54) is 82.6 Å². The average molecular weight is 655 g/mol. The Morgan fingerprint density at radius 2 is 0.882 bits per heavy atom. The fraction of sp³-hybridized carbons (Fsp3) is 0.0833. The number of aromatic hydroxyl groups is 1. The van der Waals surface area contributed by atoms with Gasteiger partial charge in [0.15, 0.2) is 0 Å². The normalized spacial score (nSPS) is 14.3. The van der Waals surface area contributed by atoms with Gasteiger partial charge in [0.25, 0.3) is 0 Å². The van der Waals surface area contributed by atoms with Crippen molar-refractivity contribution in [2.75, 3.05) is 0 Å². The van der Waals surface area contributed by atoms with E-state index in [9.17, 15) is 5.11 Å². The predicted octanol–water partition coefficient (Wildman–Crippen LogP) is 12.1. The number of allylic oxidation sites excluding steroid dienone is 2. The SMILES string of the molecule is Oc1ccc2c(c1)c1c(n2-c2ccccc2)CCC(C2=Cc3c(n(-c4ccc5c6ccccc6c6ccccc6c5c4)c4ccccc34)CC2)=C1. The molecule has 11 rings (SSSR count). The largest absolute Gasteiger partial charge is 0.508 e. The standard InChI is InChI=1S/C48H34N2O/c51-34-21-25-48-44(29-34)43-27-31(19-24-47(43)49(48)32-10-2-1-3-11-32)30-18-23-46-42(26-30)40-16-8-9-17-45(40)50(46)33-20-22-39-37-14-5-4-12-35(37)36-13-6-7-15-38(36)41(39)28-33/h1-17,20-22,25-29,51H,18-19,23-24H2. The summed E-state index contributed by atoms with van der Waals surface area (Å²) in [5.41, 5.74) is 12.9. The molecule has 0 atom stereocenters. The number of hydrogen-bond acceptors (Lipinski definition) is 1. The van der Waals surface area contributed by atoms with Crippen molar-refractivity contribution in [2.24, 2.45) is 0 Å². The zero-order chi connectivity index (χ0) is 33.6. The summed E-state index contributed by atoms with van der Waals surface area (Å²) in [5, 5.41) is 20.8. The van der Waals surface area contributed by atoms with Gasteiger partial charge < -0.3 is 14.2 Å². The van der Waals surface area contributed by atoms with E-state index in [0.717, 1.165) is 42.3 Å². The molecule has 2 heterocycles. The second-order valence-electron chi connectivity index (χ2n) is 14.1.